The van der Waals surface area contributed by atoms with Gasteiger partial charge in [0.15, 0.2) is 23.3 Å². The number of benzene rings is 3. The molecule has 0 spiro atoms. The third-order valence-corrected chi connectivity index (χ3v) is 6.60. The Morgan fingerprint density at radius 2 is 1.71 bits per heavy atom. The van der Waals surface area contributed by atoms with Gasteiger partial charge in [0.2, 0.25) is 0 Å². The molecule has 0 unspecified atom stereocenters. The van der Waals surface area contributed by atoms with Gasteiger partial charge in [0.1, 0.15) is 0 Å². The number of hydrogen-bond donors (Lipinski definition) is 0. The van der Waals surface area contributed by atoms with Crippen LogP contribution in [0, 0.1) is 0 Å². The maximum absolute atomic E-state index is 13.5. The highest BCUT2D eigenvalue weighted by Gasteiger charge is 2.35. The van der Waals surface area contributed by atoms with E-state index in [0.29, 0.717) is 31.6 Å². The lowest BCUT2D eigenvalue weighted by molar-refractivity contribution is -0.142. The van der Waals surface area contributed by atoms with Gasteiger partial charge in [-0.15, -0.1) is 0 Å². The highest BCUT2D eigenvalue weighted by Crippen LogP contribution is 2.40. The largest absolute Gasteiger partial charge is 0.493 e. The molecule has 178 valence electrons. The van der Waals surface area contributed by atoms with E-state index in [1.165, 1.54) is 26.0 Å². The fourth-order valence-electron chi connectivity index (χ4n) is 3.24. The molecular weight excluding hydrogens is 532 g/mol. The van der Waals surface area contributed by atoms with Gasteiger partial charge in [0.05, 0.1) is 30.5 Å². The van der Waals surface area contributed by atoms with Crippen molar-refractivity contribution in [2.75, 3.05) is 25.7 Å². The van der Waals surface area contributed by atoms with Gasteiger partial charge in [-0.25, -0.2) is 9.79 Å². The summed E-state index contributed by atoms with van der Waals surface area (Å²) in [5.41, 5.74) is 2.18. The van der Waals surface area contributed by atoms with Crippen LogP contribution in [0.3, 0.4) is 0 Å². The molecule has 3 aromatic rings. The Labute approximate surface area is 215 Å². The second-order valence-corrected chi connectivity index (χ2v) is 9.07. The molecule has 0 saturated carbocycles. The minimum atomic E-state index is -0.506. The minimum absolute atomic E-state index is 0.187. The number of rotatable bonds is 7. The van der Waals surface area contributed by atoms with E-state index in [1.807, 2.05) is 60.7 Å². The molecule has 0 atom stereocenters. The van der Waals surface area contributed by atoms with Crippen LogP contribution in [0.4, 0.5) is 11.4 Å². The van der Waals surface area contributed by atoms with Crippen LogP contribution in [-0.4, -0.2) is 37.9 Å². The Morgan fingerprint density at radius 1 is 1.03 bits per heavy atom. The Balaban J connectivity index is 1.71. The van der Waals surface area contributed by atoms with Crippen LogP contribution in [0.25, 0.3) is 6.08 Å². The molecule has 1 amide bonds. The first-order valence-electron chi connectivity index (χ1n) is 10.5. The molecule has 1 fully saturated rings. The number of para-hydroxylation sites is 2. The number of halogens is 1. The van der Waals surface area contributed by atoms with Crippen LogP contribution in [0.15, 0.2) is 87.2 Å². The number of methoxy groups -OCH3 is 2. The molecule has 0 aromatic heterocycles. The molecule has 9 heteroatoms. The summed E-state index contributed by atoms with van der Waals surface area (Å²) < 4.78 is 16.2. The van der Waals surface area contributed by atoms with E-state index in [0.717, 1.165) is 11.4 Å². The predicted molar refractivity (Wildman–Crippen MR) is 141 cm³/mol. The highest BCUT2D eigenvalue weighted by atomic mass is 79.9. The summed E-state index contributed by atoms with van der Waals surface area (Å²) in [7, 11) is 2.79. The van der Waals surface area contributed by atoms with E-state index in [4.69, 9.17) is 14.5 Å². The summed E-state index contributed by atoms with van der Waals surface area (Å²) >= 11 is 4.82. The summed E-state index contributed by atoms with van der Waals surface area (Å²) in [5, 5.41) is 0.555. The number of thioether (sulfide) groups is 1. The van der Waals surface area contributed by atoms with Crippen LogP contribution in [0.1, 0.15) is 5.56 Å². The number of aliphatic imine (C=N–C) groups is 1. The number of amidine groups is 1. The lowest BCUT2D eigenvalue weighted by atomic mass is 10.1. The van der Waals surface area contributed by atoms with Crippen molar-refractivity contribution >= 4 is 62.2 Å². The molecule has 1 heterocycles. The van der Waals surface area contributed by atoms with E-state index in [1.54, 1.807) is 23.1 Å². The second kappa shape index (κ2) is 11.2. The van der Waals surface area contributed by atoms with Gasteiger partial charge in [-0.2, -0.15) is 0 Å². The first kappa shape index (κ1) is 24.6. The Bertz CT molecular complexity index is 1300. The highest BCUT2D eigenvalue weighted by molar-refractivity contribution is 9.10. The minimum Gasteiger partial charge on any atom is -0.493 e. The van der Waals surface area contributed by atoms with Crippen molar-refractivity contribution in [3.8, 4) is 11.5 Å². The van der Waals surface area contributed by atoms with Gasteiger partial charge < -0.3 is 14.2 Å². The Morgan fingerprint density at radius 3 is 2.37 bits per heavy atom. The predicted octanol–water partition coefficient (Wildman–Crippen LogP) is 5.82. The summed E-state index contributed by atoms with van der Waals surface area (Å²) in [4.78, 5) is 31.8. The standard InChI is InChI=1S/C26H21BrN2O5S/c1-32-21-13-17(20(27)15-22(21)34-16-24(30)33-2)14-23-25(31)29(19-11-7-4-8-12-19)26(35-23)28-18-9-5-3-6-10-18/h3-15H,16H2,1-2H3. The van der Waals surface area contributed by atoms with Gasteiger partial charge >= 0.3 is 5.97 Å². The van der Waals surface area contributed by atoms with Gasteiger partial charge in [0.25, 0.3) is 5.91 Å². The molecule has 7 nitrogen and oxygen atoms in total. The number of esters is 1. The van der Waals surface area contributed by atoms with E-state index >= 15 is 0 Å². The van der Waals surface area contributed by atoms with Crippen LogP contribution >= 0.6 is 27.7 Å². The zero-order valence-corrected chi connectivity index (χ0v) is 21.3. The average Bonchev–Trinajstić information content (AvgIpc) is 3.18. The number of amides is 1. The zero-order valence-electron chi connectivity index (χ0n) is 18.9. The average molecular weight is 553 g/mol. The number of nitrogens with zero attached hydrogens (tertiary/aromatic N) is 2. The molecule has 0 radical (unpaired) electrons. The third kappa shape index (κ3) is 5.75. The number of anilines is 1. The first-order valence-corrected chi connectivity index (χ1v) is 12.1. The molecule has 3 aromatic carbocycles. The van der Waals surface area contributed by atoms with Crippen molar-refractivity contribution in [3.05, 3.63) is 87.7 Å². The van der Waals surface area contributed by atoms with Crippen LogP contribution in [-0.2, 0) is 14.3 Å². The molecule has 4 rings (SSSR count). The molecule has 1 aliphatic rings. The first-order chi connectivity index (χ1) is 17.0. The van der Waals surface area contributed by atoms with Crippen molar-refractivity contribution in [2.45, 2.75) is 0 Å². The third-order valence-electron chi connectivity index (χ3n) is 4.94. The molecule has 0 N–H and O–H groups in total. The maximum atomic E-state index is 13.5. The van der Waals surface area contributed by atoms with Crippen molar-refractivity contribution < 1.29 is 23.8 Å². The Kier molecular flexibility index (Phi) is 7.89. The fraction of sp³-hybridized carbons (Fsp3) is 0.115. The number of carbonyl (C=O) groups is 2. The van der Waals surface area contributed by atoms with Crippen LogP contribution < -0.4 is 14.4 Å². The normalized spacial score (nSPS) is 15.5. The van der Waals surface area contributed by atoms with E-state index in [-0.39, 0.29) is 12.5 Å². The lowest BCUT2D eigenvalue weighted by Crippen LogP contribution is -2.28. The quantitative estimate of drug-likeness (QED) is 0.271. The van der Waals surface area contributed by atoms with Crippen LogP contribution in [0.5, 0.6) is 11.5 Å². The number of hydrogen-bond acceptors (Lipinski definition) is 7. The van der Waals surface area contributed by atoms with Gasteiger partial charge in [-0.3, -0.25) is 9.69 Å². The molecule has 35 heavy (non-hydrogen) atoms. The van der Waals surface area contributed by atoms with Gasteiger partial charge in [-0.05, 0) is 59.8 Å². The maximum Gasteiger partial charge on any atom is 0.343 e. The van der Waals surface area contributed by atoms with Crippen LogP contribution in [0.2, 0.25) is 0 Å². The zero-order chi connectivity index (χ0) is 24.8. The summed E-state index contributed by atoms with van der Waals surface area (Å²) in [6.45, 7) is -0.251. The molecular formula is C26H21BrN2O5S. The molecule has 1 saturated heterocycles. The Hall–Kier alpha value is -3.56. The van der Waals surface area contributed by atoms with Crippen molar-refractivity contribution in [1.82, 2.24) is 0 Å². The molecule has 0 bridgehead atoms. The summed E-state index contributed by atoms with van der Waals surface area (Å²) in [6.07, 6.45) is 1.77. The van der Waals surface area contributed by atoms with Gasteiger partial charge in [0, 0.05) is 4.47 Å². The van der Waals surface area contributed by atoms with E-state index < -0.39 is 5.97 Å². The molecule has 1 aliphatic heterocycles. The fourth-order valence-corrected chi connectivity index (χ4v) is 4.67. The van der Waals surface area contributed by atoms with Gasteiger partial charge in [-0.1, -0.05) is 52.3 Å². The molecule has 0 aliphatic carbocycles. The van der Waals surface area contributed by atoms with E-state index in [2.05, 4.69) is 20.7 Å². The van der Waals surface area contributed by atoms with E-state index in [9.17, 15) is 9.59 Å². The number of ether oxygens (including phenoxy) is 3. The lowest BCUT2D eigenvalue weighted by Gasteiger charge is -2.15. The topological polar surface area (TPSA) is 77.4 Å². The van der Waals surface area contributed by atoms with Crippen molar-refractivity contribution in [3.63, 3.8) is 0 Å². The monoisotopic (exact) mass is 552 g/mol. The smallest absolute Gasteiger partial charge is 0.343 e. The SMILES string of the molecule is COC(=O)COc1cc(Br)c(C=C2SC(=Nc3ccccc3)N(c3ccccc3)C2=O)cc1OC. The van der Waals surface area contributed by atoms with Crippen molar-refractivity contribution in [2.24, 2.45) is 4.99 Å². The second-order valence-electron chi connectivity index (χ2n) is 7.21. The summed E-state index contributed by atoms with van der Waals surface area (Å²) in [5.74, 6) is 0.0911. The number of carbonyl (C=O) groups excluding carboxylic acids is 2. The van der Waals surface area contributed by atoms with Crippen molar-refractivity contribution in [1.29, 1.82) is 0 Å². The summed E-state index contributed by atoms with van der Waals surface area (Å²) in [6, 6.07) is 22.3.